The molecular weight excluding hydrogens is 366 g/mol. The van der Waals surface area contributed by atoms with Crippen LogP contribution in [0.1, 0.15) is 42.5 Å². The lowest BCUT2D eigenvalue weighted by atomic mass is 9.89. The maximum absolute atomic E-state index is 12.5. The van der Waals surface area contributed by atoms with Crippen molar-refractivity contribution >= 4 is 39.1 Å². The Hall–Kier alpha value is -1.34. The number of nitrogens with zero attached hydrogens (tertiary/aromatic N) is 1. The van der Waals surface area contributed by atoms with Gasteiger partial charge < -0.3 is 15.6 Å². The van der Waals surface area contributed by atoms with E-state index in [1.165, 1.54) is 43.4 Å². The number of thiophene rings is 1. The van der Waals surface area contributed by atoms with Gasteiger partial charge in [-0.1, -0.05) is 24.4 Å². The number of nitrogen functional groups attached to an aromatic ring is 1. The third kappa shape index (κ3) is 3.35. The van der Waals surface area contributed by atoms with Crippen molar-refractivity contribution in [2.45, 2.75) is 32.1 Å². The van der Waals surface area contributed by atoms with E-state index in [1.807, 2.05) is 12.1 Å². The van der Waals surface area contributed by atoms with Gasteiger partial charge >= 0.3 is 0 Å². The number of aromatic nitrogens is 1. The summed E-state index contributed by atoms with van der Waals surface area (Å²) < 4.78 is 6.00. The summed E-state index contributed by atoms with van der Waals surface area (Å²) in [5.41, 5.74) is 6.64. The van der Waals surface area contributed by atoms with Crippen LogP contribution in [0.25, 0.3) is 10.6 Å². The van der Waals surface area contributed by atoms with Crippen LogP contribution in [-0.2, 0) is 0 Å². The molecule has 0 atom stereocenters. The molecule has 0 spiro atoms. The summed E-state index contributed by atoms with van der Waals surface area (Å²) >= 11 is 4.90. The Bertz CT molecular complexity index is 662. The van der Waals surface area contributed by atoms with Crippen LogP contribution in [0.3, 0.4) is 0 Å². The van der Waals surface area contributed by atoms with Gasteiger partial charge in [-0.3, -0.25) is 4.79 Å². The van der Waals surface area contributed by atoms with E-state index in [0.717, 1.165) is 8.66 Å². The van der Waals surface area contributed by atoms with Crippen molar-refractivity contribution < 1.29 is 9.32 Å². The zero-order chi connectivity index (χ0) is 15.5. The second-order valence-corrected chi connectivity index (χ2v) is 8.05. The van der Waals surface area contributed by atoms with Crippen LogP contribution in [0, 0.1) is 5.92 Å². The van der Waals surface area contributed by atoms with E-state index < -0.39 is 0 Å². The average molecular weight is 384 g/mol. The minimum absolute atomic E-state index is 0.0701. The molecule has 0 radical (unpaired) electrons. The molecule has 0 aliphatic heterocycles. The van der Waals surface area contributed by atoms with Gasteiger partial charge in [0.2, 0.25) is 5.88 Å². The fourth-order valence-electron chi connectivity index (χ4n) is 2.85. The van der Waals surface area contributed by atoms with Crippen molar-refractivity contribution in [1.82, 2.24) is 10.5 Å². The predicted octanol–water partition coefficient (Wildman–Crippen LogP) is 4.06. The normalized spacial score (nSPS) is 15.9. The molecule has 3 N–H and O–H groups in total. The summed E-state index contributed by atoms with van der Waals surface area (Å²) in [5, 5.41) is 6.93. The van der Waals surface area contributed by atoms with Gasteiger partial charge in [-0.2, -0.15) is 0 Å². The topological polar surface area (TPSA) is 81.2 Å². The maximum Gasteiger partial charge on any atom is 0.259 e. The second-order valence-electron chi connectivity index (χ2n) is 5.59. The maximum atomic E-state index is 12.5. The highest BCUT2D eigenvalue weighted by atomic mass is 79.9. The fourth-order valence-corrected chi connectivity index (χ4v) is 4.22. The Balaban J connectivity index is 1.73. The zero-order valence-corrected chi connectivity index (χ0v) is 14.5. The molecule has 2 heterocycles. The van der Waals surface area contributed by atoms with Crippen LogP contribution >= 0.6 is 27.3 Å². The van der Waals surface area contributed by atoms with Crippen molar-refractivity contribution in [3.05, 3.63) is 21.5 Å². The number of carbonyl (C=O) groups excluding carboxylic acids is 1. The van der Waals surface area contributed by atoms with Crippen LogP contribution in [0.15, 0.2) is 20.4 Å². The standard InChI is InChI=1S/C15H18BrN3O2S/c16-11-7-6-10(22-11)13-12(14(17)21-19-13)15(20)18-8-9-4-2-1-3-5-9/h6-7,9H,1-5,8,17H2,(H,18,20). The van der Waals surface area contributed by atoms with Crippen molar-refractivity contribution in [2.24, 2.45) is 5.92 Å². The molecule has 0 aromatic carbocycles. The first-order valence-corrected chi connectivity index (χ1v) is 9.05. The third-order valence-corrected chi connectivity index (χ3v) is 5.66. The Morgan fingerprint density at radius 3 is 2.86 bits per heavy atom. The molecule has 0 bridgehead atoms. The van der Waals surface area contributed by atoms with E-state index in [2.05, 4.69) is 26.4 Å². The van der Waals surface area contributed by atoms with Crippen LogP contribution in [0.2, 0.25) is 0 Å². The van der Waals surface area contributed by atoms with Gasteiger partial charge in [0.1, 0.15) is 11.3 Å². The monoisotopic (exact) mass is 383 g/mol. The summed E-state index contributed by atoms with van der Waals surface area (Å²) in [6.45, 7) is 0.691. The fraction of sp³-hybridized carbons (Fsp3) is 0.467. The summed E-state index contributed by atoms with van der Waals surface area (Å²) in [7, 11) is 0. The quantitative estimate of drug-likeness (QED) is 0.833. The van der Waals surface area contributed by atoms with Crippen molar-refractivity contribution in [2.75, 3.05) is 12.3 Å². The number of carbonyl (C=O) groups is 1. The van der Waals surface area contributed by atoms with Crippen LogP contribution in [-0.4, -0.2) is 17.6 Å². The number of anilines is 1. The highest BCUT2D eigenvalue weighted by molar-refractivity contribution is 9.11. The van der Waals surface area contributed by atoms with Gasteiger partial charge in [0.25, 0.3) is 5.91 Å². The molecule has 0 saturated heterocycles. The van der Waals surface area contributed by atoms with Gasteiger partial charge in [-0.15, -0.1) is 11.3 Å². The lowest BCUT2D eigenvalue weighted by Gasteiger charge is -2.21. The lowest BCUT2D eigenvalue weighted by Crippen LogP contribution is -2.30. The molecule has 0 unspecified atom stereocenters. The van der Waals surface area contributed by atoms with Gasteiger partial charge in [0.15, 0.2) is 0 Å². The molecule has 22 heavy (non-hydrogen) atoms. The Morgan fingerprint density at radius 2 is 2.18 bits per heavy atom. The number of nitrogens with two attached hydrogens (primary N) is 1. The summed E-state index contributed by atoms with van der Waals surface area (Å²) in [5.74, 6) is 0.433. The largest absolute Gasteiger partial charge is 0.367 e. The molecule has 1 aliphatic carbocycles. The zero-order valence-electron chi connectivity index (χ0n) is 12.1. The minimum Gasteiger partial charge on any atom is -0.367 e. The summed E-state index contributed by atoms with van der Waals surface area (Å²) in [4.78, 5) is 13.3. The Morgan fingerprint density at radius 1 is 1.41 bits per heavy atom. The second kappa shape index (κ2) is 6.83. The molecule has 5 nitrogen and oxygen atoms in total. The van der Waals surface area contributed by atoms with Gasteiger partial charge in [0.05, 0.1) is 8.66 Å². The minimum atomic E-state index is -0.205. The van der Waals surface area contributed by atoms with E-state index in [1.54, 1.807) is 0 Å². The van der Waals surface area contributed by atoms with E-state index in [9.17, 15) is 4.79 Å². The molecule has 118 valence electrons. The van der Waals surface area contributed by atoms with Crippen LogP contribution in [0.4, 0.5) is 5.88 Å². The summed E-state index contributed by atoms with van der Waals surface area (Å²) in [6.07, 6.45) is 6.18. The molecule has 7 heteroatoms. The smallest absolute Gasteiger partial charge is 0.259 e. The lowest BCUT2D eigenvalue weighted by molar-refractivity contribution is 0.0944. The third-order valence-electron chi connectivity index (χ3n) is 4.03. The van der Waals surface area contributed by atoms with E-state index in [0.29, 0.717) is 23.7 Å². The van der Waals surface area contributed by atoms with Crippen LogP contribution < -0.4 is 11.1 Å². The molecule has 2 aromatic rings. The molecule has 1 amide bonds. The number of rotatable bonds is 4. The highest BCUT2D eigenvalue weighted by Crippen LogP contribution is 2.34. The number of amides is 1. The van der Waals surface area contributed by atoms with E-state index in [4.69, 9.17) is 10.3 Å². The van der Waals surface area contributed by atoms with Gasteiger partial charge in [-0.05, 0) is 46.8 Å². The number of hydrogen-bond donors (Lipinski definition) is 2. The molecule has 1 saturated carbocycles. The van der Waals surface area contributed by atoms with Crippen molar-refractivity contribution in [3.63, 3.8) is 0 Å². The molecule has 2 aromatic heterocycles. The first kappa shape index (κ1) is 15.6. The highest BCUT2D eigenvalue weighted by Gasteiger charge is 2.24. The molecule has 3 rings (SSSR count). The Labute approximate surface area is 141 Å². The Kier molecular flexibility index (Phi) is 4.83. The molecule has 1 aliphatic rings. The first-order chi connectivity index (χ1) is 10.6. The number of hydrogen-bond acceptors (Lipinski definition) is 5. The van der Waals surface area contributed by atoms with Crippen LogP contribution in [0.5, 0.6) is 0 Å². The van der Waals surface area contributed by atoms with Crippen molar-refractivity contribution in [1.29, 1.82) is 0 Å². The predicted molar refractivity (Wildman–Crippen MR) is 90.8 cm³/mol. The first-order valence-electron chi connectivity index (χ1n) is 7.44. The molecular formula is C15H18BrN3O2S. The summed E-state index contributed by atoms with van der Waals surface area (Å²) in [6, 6.07) is 3.80. The van der Waals surface area contributed by atoms with Crippen molar-refractivity contribution in [3.8, 4) is 10.6 Å². The van der Waals surface area contributed by atoms with Gasteiger partial charge in [0, 0.05) is 6.54 Å². The van der Waals surface area contributed by atoms with Gasteiger partial charge in [-0.25, -0.2) is 0 Å². The van der Waals surface area contributed by atoms with E-state index in [-0.39, 0.29) is 11.8 Å². The van der Waals surface area contributed by atoms with E-state index >= 15 is 0 Å². The average Bonchev–Trinajstić information content (AvgIpc) is 3.12. The number of halogens is 1. The molecule has 1 fully saturated rings. The SMILES string of the molecule is Nc1onc(-c2ccc(Br)s2)c1C(=O)NCC1CCCCC1. The number of nitrogens with one attached hydrogen (secondary N) is 1.